The summed E-state index contributed by atoms with van der Waals surface area (Å²) in [4.78, 5) is 7.10. The summed E-state index contributed by atoms with van der Waals surface area (Å²) in [7, 11) is 3.24. The molecule has 1 aliphatic rings. The van der Waals surface area contributed by atoms with Crippen molar-refractivity contribution in [3.8, 4) is 11.5 Å². The lowest BCUT2D eigenvalue weighted by molar-refractivity contribution is -0.0711. The minimum absolute atomic E-state index is 0.213. The molecule has 0 radical (unpaired) electrons. The molecule has 144 valence electrons. The van der Waals surface area contributed by atoms with Crippen LogP contribution in [0.2, 0.25) is 0 Å². The first-order chi connectivity index (χ1) is 13.0. The zero-order valence-electron chi connectivity index (χ0n) is 16.4. The van der Waals surface area contributed by atoms with E-state index in [4.69, 9.17) is 19.2 Å². The Hall–Kier alpha value is -2.45. The molecule has 1 aromatic carbocycles. The Morgan fingerprint density at radius 1 is 1.07 bits per heavy atom. The van der Waals surface area contributed by atoms with E-state index in [2.05, 4.69) is 28.9 Å². The van der Waals surface area contributed by atoms with Crippen LogP contribution in [-0.4, -0.2) is 64.0 Å². The molecule has 3 aromatic rings. The molecule has 8 nitrogen and oxygen atoms in total. The second-order valence-corrected chi connectivity index (χ2v) is 7.11. The number of benzene rings is 1. The summed E-state index contributed by atoms with van der Waals surface area (Å²) in [6.07, 6.45) is 0.425. The maximum absolute atomic E-state index is 5.83. The normalized spacial score (nSPS) is 21.1. The summed E-state index contributed by atoms with van der Waals surface area (Å²) in [5.41, 5.74) is 1.59. The lowest BCUT2D eigenvalue weighted by Gasteiger charge is -2.34. The molecule has 1 saturated heterocycles. The van der Waals surface area contributed by atoms with E-state index in [1.165, 1.54) is 0 Å². The molecule has 3 heterocycles. The Kier molecular flexibility index (Phi) is 4.61. The Balaban J connectivity index is 1.79. The number of aryl methyl sites for hydroxylation is 1. The molecule has 2 unspecified atom stereocenters. The maximum Gasteiger partial charge on any atom is 0.171 e. The summed E-state index contributed by atoms with van der Waals surface area (Å²) in [6.45, 7) is 8.64. The minimum Gasteiger partial charge on any atom is -0.493 e. The molecule has 0 spiro atoms. The maximum atomic E-state index is 5.83. The first-order valence-electron chi connectivity index (χ1n) is 9.14. The fourth-order valence-electron chi connectivity index (χ4n) is 3.91. The van der Waals surface area contributed by atoms with Crippen LogP contribution in [0.1, 0.15) is 25.5 Å². The smallest absolute Gasteiger partial charge is 0.171 e. The molecule has 1 aliphatic heterocycles. The van der Waals surface area contributed by atoms with Gasteiger partial charge in [-0.15, -0.1) is 10.2 Å². The van der Waals surface area contributed by atoms with Crippen LogP contribution in [0, 0.1) is 6.92 Å². The number of morpholine rings is 1. The first-order valence-corrected chi connectivity index (χ1v) is 9.14. The lowest BCUT2D eigenvalue weighted by Crippen LogP contribution is -2.45. The minimum atomic E-state index is 0.213. The van der Waals surface area contributed by atoms with Crippen molar-refractivity contribution in [3.05, 3.63) is 23.8 Å². The average molecular weight is 371 g/mol. The molecule has 0 bridgehead atoms. The highest BCUT2D eigenvalue weighted by Gasteiger charge is 2.24. The monoisotopic (exact) mass is 371 g/mol. The van der Waals surface area contributed by atoms with Gasteiger partial charge < -0.3 is 14.2 Å². The fraction of sp³-hybridized carbons (Fsp3) is 0.526. The summed E-state index contributed by atoms with van der Waals surface area (Å²) >= 11 is 0. The number of rotatable bonds is 4. The van der Waals surface area contributed by atoms with Crippen LogP contribution in [0.25, 0.3) is 16.6 Å². The highest BCUT2D eigenvalue weighted by molar-refractivity contribution is 5.93. The second-order valence-electron chi connectivity index (χ2n) is 7.11. The molecular formula is C19H25N5O3. The van der Waals surface area contributed by atoms with Gasteiger partial charge in [0.25, 0.3) is 0 Å². The van der Waals surface area contributed by atoms with Gasteiger partial charge in [-0.25, -0.2) is 4.98 Å². The number of ether oxygens (including phenoxy) is 3. The summed E-state index contributed by atoms with van der Waals surface area (Å²) in [6, 6.07) is 3.79. The van der Waals surface area contributed by atoms with Crippen LogP contribution < -0.4 is 9.47 Å². The van der Waals surface area contributed by atoms with E-state index in [1.807, 2.05) is 23.5 Å². The van der Waals surface area contributed by atoms with Crippen LogP contribution in [-0.2, 0) is 11.3 Å². The van der Waals surface area contributed by atoms with Gasteiger partial charge in [0, 0.05) is 24.5 Å². The van der Waals surface area contributed by atoms with Crippen molar-refractivity contribution in [1.29, 1.82) is 0 Å². The number of hydrogen-bond acceptors (Lipinski definition) is 7. The van der Waals surface area contributed by atoms with Crippen molar-refractivity contribution in [1.82, 2.24) is 24.5 Å². The van der Waals surface area contributed by atoms with E-state index < -0.39 is 0 Å². The van der Waals surface area contributed by atoms with Gasteiger partial charge in [-0.05, 0) is 26.8 Å². The van der Waals surface area contributed by atoms with Gasteiger partial charge in [0.1, 0.15) is 5.82 Å². The number of nitrogens with zero attached hydrogens (tertiary/aromatic N) is 5. The molecule has 0 aliphatic carbocycles. The predicted octanol–water partition coefficient (Wildman–Crippen LogP) is 2.21. The highest BCUT2D eigenvalue weighted by Crippen LogP contribution is 2.33. The topological polar surface area (TPSA) is 74.0 Å². The zero-order chi connectivity index (χ0) is 19.1. The third-order valence-electron chi connectivity index (χ3n) is 4.94. The second kappa shape index (κ2) is 6.94. The van der Waals surface area contributed by atoms with Crippen molar-refractivity contribution in [2.24, 2.45) is 0 Å². The molecule has 27 heavy (non-hydrogen) atoms. The largest absolute Gasteiger partial charge is 0.493 e. The van der Waals surface area contributed by atoms with Gasteiger partial charge in [-0.3, -0.25) is 9.30 Å². The zero-order valence-corrected chi connectivity index (χ0v) is 16.4. The number of aromatic nitrogens is 4. The van der Waals surface area contributed by atoms with Gasteiger partial charge in [-0.2, -0.15) is 0 Å². The Morgan fingerprint density at radius 3 is 2.41 bits per heavy atom. The van der Waals surface area contributed by atoms with Crippen LogP contribution in [0.4, 0.5) is 0 Å². The Morgan fingerprint density at radius 2 is 1.74 bits per heavy atom. The SMILES string of the molecule is COc1cc2nc(C)n3c(CN4CC(C)OC(C)C4)nnc3c2cc1OC. The standard InChI is InChI=1S/C19H25N5O3/c1-11-8-23(9-12(2)27-11)10-18-21-22-19-14-6-16(25-4)17(26-5)7-15(14)20-13(3)24(18)19/h6-7,11-12H,8-10H2,1-5H3. The quantitative estimate of drug-likeness (QED) is 0.696. The number of fused-ring (bicyclic) bond motifs is 3. The third-order valence-corrected chi connectivity index (χ3v) is 4.94. The molecule has 0 saturated carbocycles. The van der Waals surface area contributed by atoms with Crippen LogP contribution in [0.3, 0.4) is 0 Å². The van der Waals surface area contributed by atoms with Gasteiger partial charge in [-0.1, -0.05) is 0 Å². The Bertz CT molecular complexity index is 977. The first kappa shape index (κ1) is 17.9. The van der Waals surface area contributed by atoms with Gasteiger partial charge in [0.15, 0.2) is 23.0 Å². The van der Waals surface area contributed by atoms with E-state index >= 15 is 0 Å². The summed E-state index contributed by atoms with van der Waals surface area (Å²) in [5.74, 6) is 3.03. The van der Waals surface area contributed by atoms with Crippen LogP contribution in [0.5, 0.6) is 11.5 Å². The van der Waals surface area contributed by atoms with Crippen molar-refractivity contribution < 1.29 is 14.2 Å². The molecule has 0 N–H and O–H groups in total. The fourth-order valence-corrected chi connectivity index (χ4v) is 3.91. The molecule has 8 heteroatoms. The highest BCUT2D eigenvalue weighted by atomic mass is 16.5. The van der Waals surface area contributed by atoms with E-state index in [0.717, 1.165) is 41.3 Å². The third kappa shape index (κ3) is 3.19. The van der Waals surface area contributed by atoms with Crippen molar-refractivity contribution >= 4 is 16.6 Å². The average Bonchev–Trinajstić information content (AvgIpc) is 3.04. The number of hydrogen-bond donors (Lipinski definition) is 0. The van der Waals surface area contributed by atoms with E-state index in [1.54, 1.807) is 14.2 Å². The molecule has 4 rings (SSSR count). The Labute approximate surface area is 158 Å². The van der Waals surface area contributed by atoms with E-state index in [-0.39, 0.29) is 12.2 Å². The van der Waals surface area contributed by atoms with Gasteiger partial charge in [0.2, 0.25) is 0 Å². The lowest BCUT2D eigenvalue weighted by atomic mass is 10.2. The van der Waals surface area contributed by atoms with E-state index in [0.29, 0.717) is 18.0 Å². The van der Waals surface area contributed by atoms with Crippen molar-refractivity contribution in [2.45, 2.75) is 39.5 Å². The summed E-state index contributed by atoms with van der Waals surface area (Å²) in [5, 5.41) is 9.82. The van der Waals surface area contributed by atoms with E-state index in [9.17, 15) is 0 Å². The molecule has 1 fully saturated rings. The number of methoxy groups -OCH3 is 2. The molecular weight excluding hydrogens is 346 g/mol. The molecule has 0 amide bonds. The molecule has 2 atom stereocenters. The van der Waals surface area contributed by atoms with Gasteiger partial charge >= 0.3 is 0 Å². The van der Waals surface area contributed by atoms with Crippen molar-refractivity contribution in [3.63, 3.8) is 0 Å². The predicted molar refractivity (Wildman–Crippen MR) is 101 cm³/mol. The van der Waals surface area contributed by atoms with Gasteiger partial charge in [0.05, 0.1) is 38.5 Å². The van der Waals surface area contributed by atoms with Crippen LogP contribution in [0.15, 0.2) is 12.1 Å². The van der Waals surface area contributed by atoms with Crippen LogP contribution >= 0.6 is 0 Å². The van der Waals surface area contributed by atoms with Crippen molar-refractivity contribution in [2.75, 3.05) is 27.3 Å². The summed E-state index contributed by atoms with van der Waals surface area (Å²) < 4.78 is 18.7. The molecule has 2 aromatic heterocycles.